The molecule has 4 rings (SSSR count). The van der Waals surface area contributed by atoms with Crippen molar-refractivity contribution in [3.8, 4) is 0 Å². The molecule has 1 aromatic heterocycles. The number of anilines is 2. The van der Waals surface area contributed by atoms with E-state index in [1.54, 1.807) is 0 Å². The molecule has 1 aliphatic heterocycles. The number of amides is 1. The van der Waals surface area contributed by atoms with Gasteiger partial charge in [0.1, 0.15) is 4.88 Å². The first kappa shape index (κ1) is 19.2. The molecule has 0 aliphatic carbocycles. The Labute approximate surface area is 174 Å². The Morgan fingerprint density at radius 1 is 1.11 bits per heavy atom. The van der Waals surface area contributed by atoms with E-state index in [0.29, 0.717) is 9.90 Å². The Hall–Kier alpha value is -2.08. The molecule has 4 nitrogen and oxygen atoms in total. The number of rotatable bonds is 4. The topological polar surface area (TPSA) is 35.6 Å². The van der Waals surface area contributed by atoms with Gasteiger partial charge in [-0.3, -0.25) is 4.79 Å². The van der Waals surface area contributed by atoms with Crippen molar-refractivity contribution in [3.05, 3.63) is 57.9 Å². The number of nitrogens with zero attached hydrogens (tertiary/aromatic N) is 2. The summed E-state index contributed by atoms with van der Waals surface area (Å²) < 4.78 is 1.04. The summed E-state index contributed by atoms with van der Waals surface area (Å²) in [5, 5.41) is 4.62. The number of thiophene rings is 1. The van der Waals surface area contributed by atoms with Gasteiger partial charge in [0.15, 0.2) is 0 Å². The zero-order valence-electron chi connectivity index (χ0n) is 16.2. The monoisotopic (exact) mass is 413 g/mol. The van der Waals surface area contributed by atoms with Crippen LogP contribution >= 0.6 is 22.9 Å². The summed E-state index contributed by atoms with van der Waals surface area (Å²) in [7, 11) is 0. The zero-order chi connectivity index (χ0) is 19.7. The van der Waals surface area contributed by atoms with E-state index in [9.17, 15) is 4.79 Å². The molecule has 0 radical (unpaired) electrons. The molecule has 3 aromatic rings. The first-order chi connectivity index (χ1) is 13.6. The Balaban J connectivity index is 1.59. The van der Waals surface area contributed by atoms with E-state index in [2.05, 4.69) is 28.1 Å². The number of para-hydroxylation sites is 2. The highest BCUT2D eigenvalue weighted by Crippen LogP contribution is 2.38. The van der Waals surface area contributed by atoms with Crippen LogP contribution in [0.15, 0.2) is 42.5 Å². The number of carbonyl (C=O) groups is 1. The van der Waals surface area contributed by atoms with Crippen molar-refractivity contribution in [1.82, 2.24) is 4.90 Å². The van der Waals surface area contributed by atoms with Gasteiger partial charge in [-0.25, -0.2) is 0 Å². The van der Waals surface area contributed by atoms with Crippen LogP contribution in [0.1, 0.15) is 22.2 Å². The van der Waals surface area contributed by atoms with Crippen molar-refractivity contribution in [1.29, 1.82) is 0 Å². The lowest BCUT2D eigenvalue weighted by atomic mass is 10.1. The maximum absolute atomic E-state index is 13.0. The van der Waals surface area contributed by atoms with Gasteiger partial charge < -0.3 is 15.1 Å². The molecule has 0 unspecified atom stereocenters. The van der Waals surface area contributed by atoms with Gasteiger partial charge in [0.25, 0.3) is 5.91 Å². The number of nitrogens with one attached hydrogen (secondary N) is 1. The second-order valence-corrected chi connectivity index (χ2v) is 8.52. The second kappa shape index (κ2) is 8.11. The molecular formula is C22H24ClN3OS. The highest BCUT2D eigenvalue weighted by Gasteiger charge is 2.22. The van der Waals surface area contributed by atoms with E-state index in [0.717, 1.165) is 59.7 Å². The van der Waals surface area contributed by atoms with E-state index in [-0.39, 0.29) is 5.91 Å². The van der Waals surface area contributed by atoms with Crippen molar-refractivity contribution in [2.45, 2.75) is 13.8 Å². The van der Waals surface area contributed by atoms with Crippen LogP contribution in [0.3, 0.4) is 0 Å². The van der Waals surface area contributed by atoms with Gasteiger partial charge in [-0.15, -0.1) is 11.3 Å². The van der Waals surface area contributed by atoms with Gasteiger partial charge in [0, 0.05) is 36.3 Å². The van der Waals surface area contributed by atoms with Crippen molar-refractivity contribution in [2.24, 2.45) is 0 Å². The molecule has 1 amide bonds. The smallest absolute Gasteiger partial charge is 0.267 e. The molecule has 0 bridgehead atoms. The molecule has 2 aromatic carbocycles. The van der Waals surface area contributed by atoms with Crippen LogP contribution < -0.4 is 10.2 Å². The fourth-order valence-corrected chi connectivity index (χ4v) is 5.34. The first-order valence-electron chi connectivity index (χ1n) is 9.63. The van der Waals surface area contributed by atoms with E-state index >= 15 is 0 Å². The standard InChI is InChI=1S/C22H24ClN3OS/c1-3-25-11-13-26(14-12-25)17-9-5-4-8-16(17)24-22(27)21-20(23)19-15(2)7-6-10-18(19)28-21/h4-10H,3,11-14H2,1-2H3,(H,24,27). The normalized spacial score (nSPS) is 15.2. The molecule has 28 heavy (non-hydrogen) atoms. The Morgan fingerprint density at radius 2 is 1.86 bits per heavy atom. The third kappa shape index (κ3) is 3.62. The summed E-state index contributed by atoms with van der Waals surface area (Å²) in [5.74, 6) is -0.148. The molecule has 0 saturated carbocycles. The number of likely N-dealkylation sites (N-methyl/N-ethyl adjacent to an activating group) is 1. The minimum atomic E-state index is -0.148. The van der Waals surface area contributed by atoms with E-state index < -0.39 is 0 Å². The minimum Gasteiger partial charge on any atom is -0.367 e. The fourth-order valence-electron chi connectivity index (χ4n) is 3.76. The quantitative estimate of drug-likeness (QED) is 0.633. The Kier molecular flexibility index (Phi) is 5.58. The predicted octanol–water partition coefficient (Wildman–Crippen LogP) is 5.26. The molecule has 2 heterocycles. The highest BCUT2D eigenvalue weighted by atomic mass is 35.5. The number of aryl methyl sites for hydroxylation is 1. The summed E-state index contributed by atoms with van der Waals surface area (Å²) in [6.45, 7) is 9.30. The summed E-state index contributed by atoms with van der Waals surface area (Å²) >= 11 is 8.02. The van der Waals surface area contributed by atoms with Crippen LogP contribution in [0.4, 0.5) is 11.4 Å². The highest BCUT2D eigenvalue weighted by molar-refractivity contribution is 7.21. The average molecular weight is 414 g/mol. The maximum atomic E-state index is 13.0. The number of carbonyl (C=O) groups excluding carboxylic acids is 1. The van der Waals surface area contributed by atoms with Gasteiger partial charge in [0.2, 0.25) is 0 Å². The first-order valence-corrected chi connectivity index (χ1v) is 10.8. The minimum absolute atomic E-state index is 0.148. The number of hydrogen-bond acceptors (Lipinski definition) is 4. The largest absolute Gasteiger partial charge is 0.367 e. The maximum Gasteiger partial charge on any atom is 0.267 e. The van der Waals surface area contributed by atoms with Crippen LogP contribution in [0.25, 0.3) is 10.1 Å². The van der Waals surface area contributed by atoms with Crippen molar-refractivity contribution in [2.75, 3.05) is 42.9 Å². The van der Waals surface area contributed by atoms with Crippen LogP contribution in [-0.4, -0.2) is 43.5 Å². The number of hydrogen-bond donors (Lipinski definition) is 1. The SMILES string of the molecule is CCN1CCN(c2ccccc2NC(=O)c2sc3cccc(C)c3c2Cl)CC1. The molecule has 1 fully saturated rings. The molecule has 6 heteroatoms. The Morgan fingerprint density at radius 3 is 2.57 bits per heavy atom. The van der Waals surface area contributed by atoms with Gasteiger partial charge in [-0.1, -0.05) is 42.8 Å². The summed E-state index contributed by atoms with van der Waals surface area (Å²) in [6.07, 6.45) is 0. The van der Waals surface area contributed by atoms with Crippen LogP contribution in [0, 0.1) is 6.92 Å². The lowest BCUT2D eigenvalue weighted by Gasteiger charge is -2.36. The lowest BCUT2D eigenvalue weighted by molar-refractivity contribution is 0.103. The Bertz CT molecular complexity index is 1010. The molecule has 146 valence electrons. The van der Waals surface area contributed by atoms with Crippen LogP contribution in [0.2, 0.25) is 5.02 Å². The number of halogens is 1. The van der Waals surface area contributed by atoms with Crippen molar-refractivity contribution < 1.29 is 4.79 Å². The molecule has 0 atom stereocenters. The molecule has 1 aliphatic rings. The molecule has 0 spiro atoms. The fraction of sp³-hybridized carbons (Fsp3) is 0.318. The summed E-state index contributed by atoms with van der Waals surface area (Å²) in [6, 6.07) is 14.0. The zero-order valence-corrected chi connectivity index (χ0v) is 17.7. The number of benzene rings is 2. The average Bonchev–Trinajstić information content (AvgIpc) is 3.06. The van der Waals surface area contributed by atoms with Gasteiger partial charge in [-0.05, 0) is 37.2 Å². The number of piperazine rings is 1. The van der Waals surface area contributed by atoms with Crippen molar-refractivity contribution in [3.63, 3.8) is 0 Å². The summed E-state index contributed by atoms with van der Waals surface area (Å²) in [5.41, 5.74) is 3.00. The van der Waals surface area contributed by atoms with Gasteiger partial charge in [0.05, 0.1) is 16.4 Å². The second-order valence-electron chi connectivity index (χ2n) is 7.09. The van der Waals surface area contributed by atoms with Gasteiger partial charge in [-0.2, -0.15) is 0 Å². The third-order valence-electron chi connectivity index (χ3n) is 5.38. The van der Waals surface area contributed by atoms with E-state index in [1.807, 2.05) is 43.3 Å². The lowest BCUT2D eigenvalue weighted by Crippen LogP contribution is -2.46. The van der Waals surface area contributed by atoms with Crippen molar-refractivity contribution >= 4 is 50.3 Å². The number of fused-ring (bicyclic) bond motifs is 1. The third-order valence-corrected chi connectivity index (χ3v) is 7.03. The van der Waals surface area contributed by atoms with E-state index in [1.165, 1.54) is 11.3 Å². The van der Waals surface area contributed by atoms with Crippen LogP contribution in [0.5, 0.6) is 0 Å². The van der Waals surface area contributed by atoms with Crippen LogP contribution in [-0.2, 0) is 0 Å². The summed E-state index contributed by atoms with van der Waals surface area (Å²) in [4.78, 5) is 18.4. The molecule has 1 N–H and O–H groups in total. The predicted molar refractivity (Wildman–Crippen MR) is 120 cm³/mol. The molecular weight excluding hydrogens is 390 g/mol. The van der Waals surface area contributed by atoms with Gasteiger partial charge >= 0.3 is 0 Å². The van der Waals surface area contributed by atoms with E-state index in [4.69, 9.17) is 11.6 Å². The molecule has 1 saturated heterocycles.